The van der Waals surface area contributed by atoms with E-state index >= 15 is 0 Å². The summed E-state index contributed by atoms with van der Waals surface area (Å²) in [7, 11) is 1.83. The van der Waals surface area contributed by atoms with Crippen LogP contribution in [0.3, 0.4) is 0 Å². The first kappa shape index (κ1) is 15.1. The Bertz CT molecular complexity index is 378. The van der Waals surface area contributed by atoms with Crippen molar-refractivity contribution in [3.05, 3.63) is 29.8 Å². The molecule has 0 saturated carbocycles. The lowest BCUT2D eigenvalue weighted by molar-refractivity contribution is -0.131. The molecule has 0 heterocycles. The molecule has 3 nitrogen and oxygen atoms in total. The monoisotopic (exact) mass is 266 g/mol. The van der Waals surface area contributed by atoms with Crippen LogP contribution in [0.2, 0.25) is 0 Å². The molecular formula is C14H22N2OS. The molecule has 0 saturated heterocycles. The van der Waals surface area contributed by atoms with E-state index in [1.54, 1.807) is 16.7 Å². The maximum Gasteiger partial charge on any atom is 0.239 e. The van der Waals surface area contributed by atoms with E-state index in [0.29, 0.717) is 0 Å². The highest BCUT2D eigenvalue weighted by Gasteiger charge is 2.15. The average molecular weight is 266 g/mol. The number of carbonyl (C=O) groups excluding carboxylic acids is 1. The molecule has 4 heteroatoms. The molecule has 1 aromatic rings. The molecule has 0 aliphatic carbocycles. The molecule has 100 valence electrons. The van der Waals surface area contributed by atoms with E-state index in [9.17, 15) is 4.79 Å². The van der Waals surface area contributed by atoms with Gasteiger partial charge in [0.1, 0.15) is 0 Å². The minimum Gasteiger partial charge on any atom is -0.345 e. The van der Waals surface area contributed by atoms with Gasteiger partial charge in [-0.15, -0.1) is 11.8 Å². The fraction of sp³-hybridized carbons (Fsp3) is 0.500. The van der Waals surface area contributed by atoms with Crippen LogP contribution >= 0.6 is 11.8 Å². The number of carbonyl (C=O) groups is 1. The van der Waals surface area contributed by atoms with Gasteiger partial charge in [-0.2, -0.15) is 0 Å². The van der Waals surface area contributed by atoms with E-state index in [0.717, 1.165) is 13.1 Å². The van der Waals surface area contributed by atoms with Crippen molar-refractivity contribution >= 4 is 17.7 Å². The normalized spacial score (nSPS) is 12.2. The van der Waals surface area contributed by atoms with Gasteiger partial charge in [-0.1, -0.05) is 12.1 Å². The van der Waals surface area contributed by atoms with Crippen molar-refractivity contribution < 1.29 is 4.79 Å². The molecule has 1 rings (SSSR count). The number of nitrogens with zero attached hydrogens (tertiary/aromatic N) is 1. The van der Waals surface area contributed by atoms with Crippen molar-refractivity contribution in [1.82, 2.24) is 10.2 Å². The molecule has 0 bridgehead atoms. The second kappa shape index (κ2) is 7.44. The quantitative estimate of drug-likeness (QED) is 0.802. The largest absolute Gasteiger partial charge is 0.345 e. The Morgan fingerprint density at radius 3 is 2.50 bits per heavy atom. The third-order valence-corrected chi connectivity index (χ3v) is 3.74. The molecule has 0 fully saturated rings. The third-order valence-electron chi connectivity index (χ3n) is 2.99. The minimum atomic E-state index is -0.143. The summed E-state index contributed by atoms with van der Waals surface area (Å²) in [5, 5.41) is 3.25. The highest BCUT2D eigenvalue weighted by molar-refractivity contribution is 7.98. The molecule has 1 atom stereocenters. The lowest BCUT2D eigenvalue weighted by Gasteiger charge is -2.20. The Labute approximate surface area is 114 Å². The smallest absolute Gasteiger partial charge is 0.239 e. The van der Waals surface area contributed by atoms with Crippen LogP contribution in [0.1, 0.15) is 19.4 Å². The minimum absolute atomic E-state index is 0.137. The van der Waals surface area contributed by atoms with Gasteiger partial charge in [-0.3, -0.25) is 4.79 Å². The maximum atomic E-state index is 11.9. The Morgan fingerprint density at radius 2 is 2.00 bits per heavy atom. The number of rotatable bonds is 6. The van der Waals surface area contributed by atoms with Gasteiger partial charge in [0.05, 0.1) is 6.04 Å². The topological polar surface area (TPSA) is 32.3 Å². The molecule has 0 aromatic heterocycles. The number of hydrogen-bond donors (Lipinski definition) is 1. The number of benzene rings is 1. The van der Waals surface area contributed by atoms with Crippen molar-refractivity contribution in [3.8, 4) is 0 Å². The van der Waals surface area contributed by atoms with Gasteiger partial charge < -0.3 is 10.2 Å². The van der Waals surface area contributed by atoms with Gasteiger partial charge in [0.15, 0.2) is 0 Å². The van der Waals surface area contributed by atoms with Crippen LogP contribution in [-0.4, -0.2) is 36.7 Å². The van der Waals surface area contributed by atoms with E-state index in [-0.39, 0.29) is 11.9 Å². The predicted molar refractivity (Wildman–Crippen MR) is 77.8 cm³/mol. The molecule has 0 radical (unpaired) electrons. The molecule has 18 heavy (non-hydrogen) atoms. The summed E-state index contributed by atoms with van der Waals surface area (Å²) in [4.78, 5) is 14.8. The molecule has 1 amide bonds. The van der Waals surface area contributed by atoms with Crippen molar-refractivity contribution in [2.24, 2.45) is 0 Å². The summed E-state index contributed by atoms with van der Waals surface area (Å²) in [6.45, 7) is 5.35. The zero-order valence-electron chi connectivity index (χ0n) is 11.6. The van der Waals surface area contributed by atoms with E-state index in [2.05, 4.69) is 35.8 Å². The SMILES string of the molecule is CCN(C)C(=O)C(C)NCc1ccc(SC)cc1. The molecular weight excluding hydrogens is 244 g/mol. The second-order valence-electron chi connectivity index (χ2n) is 4.30. The van der Waals surface area contributed by atoms with Crippen LogP contribution in [-0.2, 0) is 11.3 Å². The number of thioether (sulfide) groups is 1. The van der Waals surface area contributed by atoms with Crippen molar-refractivity contribution in [1.29, 1.82) is 0 Å². The molecule has 1 unspecified atom stereocenters. The van der Waals surface area contributed by atoms with Gasteiger partial charge >= 0.3 is 0 Å². The van der Waals surface area contributed by atoms with Crippen molar-refractivity contribution in [2.75, 3.05) is 19.8 Å². The maximum absolute atomic E-state index is 11.9. The van der Waals surface area contributed by atoms with Crippen LogP contribution in [0.25, 0.3) is 0 Å². The molecule has 0 aliphatic heterocycles. The predicted octanol–water partition coefficient (Wildman–Crippen LogP) is 2.36. The number of likely N-dealkylation sites (N-methyl/N-ethyl adjacent to an activating group) is 1. The fourth-order valence-electron chi connectivity index (χ4n) is 1.59. The van der Waals surface area contributed by atoms with Gasteiger partial charge in [-0.05, 0) is 37.8 Å². The highest BCUT2D eigenvalue weighted by Crippen LogP contribution is 2.14. The Morgan fingerprint density at radius 1 is 1.39 bits per heavy atom. The van der Waals surface area contributed by atoms with E-state index < -0.39 is 0 Å². The zero-order valence-corrected chi connectivity index (χ0v) is 12.4. The highest BCUT2D eigenvalue weighted by atomic mass is 32.2. The van der Waals surface area contributed by atoms with Crippen LogP contribution in [0.4, 0.5) is 0 Å². The zero-order chi connectivity index (χ0) is 13.5. The summed E-state index contributed by atoms with van der Waals surface area (Å²) in [6.07, 6.45) is 2.06. The molecule has 0 spiro atoms. The van der Waals surface area contributed by atoms with Gasteiger partial charge in [0.2, 0.25) is 5.91 Å². The first-order valence-corrected chi connectivity index (χ1v) is 7.42. The summed E-state index contributed by atoms with van der Waals surface area (Å²) in [5.74, 6) is 0.137. The Kier molecular flexibility index (Phi) is 6.22. The standard InChI is InChI=1S/C14H22N2OS/c1-5-16(3)14(17)11(2)15-10-12-6-8-13(18-4)9-7-12/h6-9,11,15H,5,10H2,1-4H3. The van der Waals surface area contributed by atoms with Crippen LogP contribution < -0.4 is 5.32 Å². The number of amides is 1. The molecule has 0 aliphatic rings. The lowest BCUT2D eigenvalue weighted by Crippen LogP contribution is -2.42. The number of nitrogens with one attached hydrogen (secondary N) is 1. The average Bonchev–Trinajstić information content (AvgIpc) is 2.43. The van der Waals surface area contributed by atoms with Crippen LogP contribution in [0.15, 0.2) is 29.2 Å². The summed E-state index contributed by atoms with van der Waals surface area (Å²) in [6, 6.07) is 8.26. The third kappa shape index (κ3) is 4.35. The van der Waals surface area contributed by atoms with Crippen LogP contribution in [0.5, 0.6) is 0 Å². The number of hydrogen-bond acceptors (Lipinski definition) is 3. The summed E-state index contributed by atoms with van der Waals surface area (Å²) in [5.41, 5.74) is 1.20. The van der Waals surface area contributed by atoms with Gasteiger partial charge in [-0.25, -0.2) is 0 Å². The van der Waals surface area contributed by atoms with E-state index in [4.69, 9.17) is 0 Å². The van der Waals surface area contributed by atoms with E-state index in [1.807, 2.05) is 20.9 Å². The summed E-state index contributed by atoms with van der Waals surface area (Å²) >= 11 is 1.73. The van der Waals surface area contributed by atoms with Gasteiger partial charge in [0.25, 0.3) is 0 Å². The van der Waals surface area contributed by atoms with Crippen molar-refractivity contribution in [3.63, 3.8) is 0 Å². The second-order valence-corrected chi connectivity index (χ2v) is 5.18. The Hall–Kier alpha value is -1.00. The Balaban J connectivity index is 2.46. The van der Waals surface area contributed by atoms with Crippen LogP contribution in [0, 0.1) is 0 Å². The van der Waals surface area contributed by atoms with Crippen molar-refractivity contribution in [2.45, 2.75) is 31.3 Å². The summed E-state index contributed by atoms with van der Waals surface area (Å²) < 4.78 is 0. The first-order valence-electron chi connectivity index (χ1n) is 6.19. The molecule has 1 N–H and O–H groups in total. The molecule has 1 aromatic carbocycles. The fourth-order valence-corrected chi connectivity index (χ4v) is 2.00. The van der Waals surface area contributed by atoms with E-state index in [1.165, 1.54) is 10.5 Å². The lowest BCUT2D eigenvalue weighted by atomic mass is 10.2. The van der Waals surface area contributed by atoms with Gasteiger partial charge in [0, 0.05) is 25.0 Å². The first-order chi connectivity index (χ1) is 8.58.